The van der Waals surface area contributed by atoms with Gasteiger partial charge in [-0.1, -0.05) is 0 Å². The average Bonchev–Trinajstić information content (AvgIpc) is 2.19. The van der Waals surface area contributed by atoms with Crippen LogP contribution in [-0.2, 0) is 0 Å². The number of hydrogen-bond donors (Lipinski definition) is 3. The molecule has 0 bridgehead atoms. The van der Waals surface area contributed by atoms with E-state index in [0.29, 0.717) is 12.8 Å². The summed E-state index contributed by atoms with van der Waals surface area (Å²) in [6, 6.07) is 3.58. The predicted molar refractivity (Wildman–Crippen MR) is 76.8 cm³/mol. The highest BCUT2D eigenvalue weighted by Crippen LogP contribution is 2.31. The van der Waals surface area contributed by atoms with E-state index in [1.807, 2.05) is 12.1 Å². The lowest BCUT2D eigenvalue weighted by atomic mass is 10.0. The van der Waals surface area contributed by atoms with Gasteiger partial charge in [-0.3, -0.25) is 0 Å². The van der Waals surface area contributed by atoms with Gasteiger partial charge in [0.15, 0.2) is 0 Å². The van der Waals surface area contributed by atoms with Gasteiger partial charge in [0, 0.05) is 21.8 Å². The third-order valence-electron chi connectivity index (χ3n) is 2.13. The normalized spacial score (nSPS) is 12.8. The highest BCUT2D eigenvalue weighted by molar-refractivity contribution is 14.1. The first-order valence-electron chi connectivity index (χ1n) is 4.60. The largest absolute Gasteiger partial charge is 0.506 e. The molecule has 0 aromatic heterocycles. The molecule has 15 heavy (non-hydrogen) atoms. The Labute approximate surface area is 116 Å². The van der Waals surface area contributed by atoms with Crippen molar-refractivity contribution >= 4 is 45.2 Å². The molecule has 1 rings (SSSR count). The Morgan fingerprint density at radius 3 is 2.60 bits per heavy atom. The molecular formula is C10H13I2NO2. The SMILES string of the molecule is N[C@H](CCCO)c1cc(I)cc(I)c1O. The highest BCUT2D eigenvalue weighted by atomic mass is 127. The summed E-state index contributed by atoms with van der Waals surface area (Å²) in [5.41, 5.74) is 6.71. The molecule has 3 nitrogen and oxygen atoms in total. The Balaban J connectivity index is 2.92. The van der Waals surface area contributed by atoms with E-state index in [2.05, 4.69) is 45.2 Å². The molecule has 1 atom stereocenters. The van der Waals surface area contributed by atoms with Gasteiger partial charge in [-0.2, -0.15) is 0 Å². The molecular weight excluding hydrogens is 420 g/mol. The number of aromatic hydroxyl groups is 1. The summed E-state index contributed by atoms with van der Waals surface area (Å²) in [7, 11) is 0. The highest BCUT2D eigenvalue weighted by Gasteiger charge is 2.13. The minimum atomic E-state index is -0.208. The molecule has 0 fully saturated rings. The lowest BCUT2D eigenvalue weighted by Crippen LogP contribution is -2.11. The molecule has 0 heterocycles. The van der Waals surface area contributed by atoms with Crippen molar-refractivity contribution in [2.45, 2.75) is 18.9 Å². The van der Waals surface area contributed by atoms with Crippen LogP contribution in [-0.4, -0.2) is 16.8 Å². The first kappa shape index (κ1) is 13.5. The molecule has 0 aliphatic carbocycles. The Hall–Kier alpha value is 0.400. The third-order valence-corrected chi connectivity index (χ3v) is 3.58. The number of halogens is 2. The Morgan fingerprint density at radius 1 is 1.33 bits per heavy atom. The minimum Gasteiger partial charge on any atom is -0.506 e. The molecule has 0 spiro atoms. The van der Waals surface area contributed by atoms with E-state index < -0.39 is 0 Å². The van der Waals surface area contributed by atoms with Gasteiger partial charge < -0.3 is 15.9 Å². The van der Waals surface area contributed by atoms with Crippen molar-refractivity contribution in [2.75, 3.05) is 6.61 Å². The zero-order chi connectivity index (χ0) is 11.4. The van der Waals surface area contributed by atoms with Crippen LogP contribution >= 0.6 is 45.2 Å². The van der Waals surface area contributed by atoms with Crippen LogP contribution in [0.25, 0.3) is 0 Å². The van der Waals surface area contributed by atoms with E-state index in [1.54, 1.807) is 0 Å². The lowest BCUT2D eigenvalue weighted by Gasteiger charge is -2.14. The van der Waals surface area contributed by atoms with Crippen LogP contribution in [0.5, 0.6) is 5.75 Å². The van der Waals surface area contributed by atoms with E-state index in [9.17, 15) is 5.11 Å². The van der Waals surface area contributed by atoms with Gasteiger partial charge in [0.05, 0.1) is 3.57 Å². The number of phenols is 1. The summed E-state index contributed by atoms with van der Waals surface area (Å²) in [6.45, 7) is 0.134. The Kier molecular flexibility index (Phi) is 5.58. The number of phenolic OH excluding ortho intramolecular Hbond substituents is 1. The van der Waals surface area contributed by atoms with Gasteiger partial charge in [0.1, 0.15) is 5.75 Å². The number of hydrogen-bond acceptors (Lipinski definition) is 3. The summed E-state index contributed by atoms with van der Waals surface area (Å²) in [6.07, 6.45) is 1.34. The fourth-order valence-corrected chi connectivity index (χ4v) is 3.22. The second-order valence-electron chi connectivity index (χ2n) is 3.30. The molecule has 0 aliphatic rings. The first-order valence-corrected chi connectivity index (χ1v) is 6.76. The average molecular weight is 433 g/mol. The summed E-state index contributed by atoms with van der Waals surface area (Å²) in [4.78, 5) is 0. The van der Waals surface area contributed by atoms with Gasteiger partial charge in [-0.05, 0) is 70.2 Å². The summed E-state index contributed by atoms with van der Waals surface area (Å²) < 4.78 is 1.87. The Morgan fingerprint density at radius 2 is 2.00 bits per heavy atom. The zero-order valence-electron chi connectivity index (χ0n) is 8.08. The molecule has 1 aromatic rings. The molecule has 0 saturated carbocycles. The smallest absolute Gasteiger partial charge is 0.133 e. The van der Waals surface area contributed by atoms with Crippen molar-refractivity contribution in [3.8, 4) is 5.75 Å². The van der Waals surface area contributed by atoms with Crippen LogP contribution in [0.1, 0.15) is 24.4 Å². The fraction of sp³-hybridized carbons (Fsp3) is 0.400. The summed E-state index contributed by atoms with van der Waals surface area (Å²) in [5, 5.41) is 18.6. The summed E-state index contributed by atoms with van der Waals surface area (Å²) >= 11 is 4.28. The Bertz CT molecular complexity index is 344. The minimum absolute atomic E-state index is 0.134. The fourth-order valence-electron chi connectivity index (χ4n) is 1.34. The van der Waals surface area contributed by atoms with Crippen molar-refractivity contribution in [3.63, 3.8) is 0 Å². The van der Waals surface area contributed by atoms with E-state index >= 15 is 0 Å². The molecule has 0 radical (unpaired) electrons. The molecule has 5 heteroatoms. The summed E-state index contributed by atoms with van der Waals surface area (Å²) in [5.74, 6) is 0.265. The van der Waals surface area contributed by atoms with Crippen LogP contribution < -0.4 is 5.73 Å². The van der Waals surface area contributed by atoms with E-state index in [-0.39, 0.29) is 18.4 Å². The quantitative estimate of drug-likeness (QED) is 0.640. The molecule has 1 aromatic carbocycles. The second kappa shape index (κ2) is 6.21. The van der Waals surface area contributed by atoms with Gasteiger partial charge in [-0.25, -0.2) is 0 Å². The van der Waals surface area contributed by atoms with E-state index in [4.69, 9.17) is 10.8 Å². The maximum absolute atomic E-state index is 9.84. The molecule has 0 saturated heterocycles. The molecule has 0 unspecified atom stereocenters. The number of rotatable bonds is 4. The van der Waals surface area contributed by atoms with Crippen molar-refractivity contribution < 1.29 is 10.2 Å². The van der Waals surface area contributed by atoms with Crippen molar-refractivity contribution in [1.82, 2.24) is 0 Å². The van der Waals surface area contributed by atoms with Crippen LogP contribution in [0.2, 0.25) is 0 Å². The number of nitrogens with two attached hydrogens (primary N) is 1. The van der Waals surface area contributed by atoms with Crippen molar-refractivity contribution in [2.24, 2.45) is 5.73 Å². The van der Waals surface area contributed by atoms with Crippen LogP contribution in [0.4, 0.5) is 0 Å². The molecule has 84 valence electrons. The van der Waals surface area contributed by atoms with Crippen molar-refractivity contribution in [1.29, 1.82) is 0 Å². The van der Waals surface area contributed by atoms with Gasteiger partial charge in [0.2, 0.25) is 0 Å². The van der Waals surface area contributed by atoms with Crippen LogP contribution in [0, 0.1) is 7.14 Å². The maximum Gasteiger partial charge on any atom is 0.133 e. The van der Waals surface area contributed by atoms with Gasteiger partial charge >= 0.3 is 0 Å². The molecule has 0 aliphatic heterocycles. The van der Waals surface area contributed by atoms with Gasteiger partial charge in [-0.15, -0.1) is 0 Å². The second-order valence-corrected chi connectivity index (χ2v) is 5.71. The van der Waals surface area contributed by atoms with Crippen LogP contribution in [0.3, 0.4) is 0 Å². The van der Waals surface area contributed by atoms with Crippen LogP contribution in [0.15, 0.2) is 12.1 Å². The predicted octanol–water partition coefficient (Wildman–Crippen LogP) is 2.37. The number of aliphatic hydroxyl groups excluding tert-OH is 1. The topological polar surface area (TPSA) is 66.5 Å². The maximum atomic E-state index is 9.84. The third kappa shape index (κ3) is 3.72. The molecule has 4 N–H and O–H groups in total. The number of benzene rings is 1. The van der Waals surface area contributed by atoms with E-state index in [0.717, 1.165) is 12.7 Å². The van der Waals surface area contributed by atoms with Gasteiger partial charge in [0.25, 0.3) is 0 Å². The number of aliphatic hydroxyl groups is 1. The zero-order valence-corrected chi connectivity index (χ0v) is 12.4. The first-order chi connectivity index (χ1) is 7.06. The van der Waals surface area contributed by atoms with E-state index in [1.165, 1.54) is 0 Å². The monoisotopic (exact) mass is 433 g/mol. The lowest BCUT2D eigenvalue weighted by molar-refractivity contribution is 0.279. The van der Waals surface area contributed by atoms with Crippen molar-refractivity contribution in [3.05, 3.63) is 24.8 Å². The molecule has 0 amide bonds. The standard InChI is InChI=1S/C10H13I2NO2/c11-6-4-7(9(13)2-1-3-14)10(15)8(12)5-6/h4-5,9,14-15H,1-3,13H2/t9-/m1/s1.